The third-order valence-electron chi connectivity index (χ3n) is 6.30. The minimum Gasteiger partial charge on any atom is -0.492 e. The van der Waals surface area contributed by atoms with Crippen LogP contribution in [0.2, 0.25) is 0 Å². The SMILES string of the molecule is CCOc1c(Br)cc(Br)cc1/C=c1/sc2n(c1=O)[C@H](c1cccs1)C1=C(N=2)c2ccccc2CC1. The van der Waals surface area contributed by atoms with E-state index < -0.39 is 0 Å². The molecule has 0 saturated heterocycles. The first kappa shape index (κ1) is 23.2. The average Bonchev–Trinajstić information content (AvgIpc) is 3.48. The third kappa shape index (κ3) is 4.00. The van der Waals surface area contributed by atoms with Gasteiger partial charge in [-0.15, -0.1) is 11.3 Å². The lowest BCUT2D eigenvalue weighted by Gasteiger charge is -2.30. The normalized spacial score (nSPS) is 17.0. The molecule has 1 aliphatic carbocycles. The molecule has 2 aliphatic rings. The number of nitrogens with zero attached hydrogens (tertiary/aromatic N) is 2. The Bertz CT molecular complexity index is 1670. The molecule has 4 nitrogen and oxygen atoms in total. The molecule has 1 aliphatic heterocycles. The number of benzene rings is 2. The quantitative estimate of drug-likeness (QED) is 0.266. The van der Waals surface area contributed by atoms with Crippen LogP contribution in [-0.4, -0.2) is 11.2 Å². The summed E-state index contributed by atoms with van der Waals surface area (Å²) >= 11 is 10.3. The molecule has 6 rings (SSSR count). The lowest BCUT2D eigenvalue weighted by Crippen LogP contribution is -2.38. The van der Waals surface area contributed by atoms with Crippen LogP contribution in [0, 0.1) is 0 Å². The summed E-state index contributed by atoms with van der Waals surface area (Å²) in [5, 5.41) is 2.08. The van der Waals surface area contributed by atoms with Gasteiger partial charge in [-0.05, 0) is 76.5 Å². The second kappa shape index (κ2) is 9.32. The van der Waals surface area contributed by atoms with Crippen molar-refractivity contribution in [1.82, 2.24) is 4.57 Å². The molecule has 0 amide bonds. The summed E-state index contributed by atoms with van der Waals surface area (Å²) in [6, 6.07) is 16.5. The first-order chi connectivity index (χ1) is 17.0. The predicted molar refractivity (Wildman–Crippen MR) is 150 cm³/mol. The number of halogens is 2. The molecule has 0 bridgehead atoms. The van der Waals surface area contributed by atoms with Gasteiger partial charge in [-0.1, -0.05) is 57.6 Å². The van der Waals surface area contributed by atoms with Gasteiger partial charge in [0.15, 0.2) is 4.80 Å². The van der Waals surface area contributed by atoms with E-state index >= 15 is 0 Å². The highest BCUT2D eigenvalue weighted by atomic mass is 79.9. The smallest absolute Gasteiger partial charge is 0.271 e. The fourth-order valence-electron chi connectivity index (χ4n) is 4.84. The number of hydrogen-bond acceptors (Lipinski definition) is 5. The summed E-state index contributed by atoms with van der Waals surface area (Å²) < 4.78 is 10.2. The summed E-state index contributed by atoms with van der Waals surface area (Å²) in [6.45, 7) is 2.49. The zero-order chi connectivity index (χ0) is 24.1. The molecule has 8 heteroatoms. The van der Waals surface area contributed by atoms with Gasteiger partial charge in [0.2, 0.25) is 0 Å². The van der Waals surface area contributed by atoms with Crippen LogP contribution in [0.5, 0.6) is 5.75 Å². The molecule has 0 saturated carbocycles. The summed E-state index contributed by atoms with van der Waals surface area (Å²) in [5.41, 5.74) is 5.58. The van der Waals surface area contributed by atoms with E-state index in [1.807, 2.05) is 29.7 Å². The van der Waals surface area contributed by atoms with E-state index in [4.69, 9.17) is 9.73 Å². The molecule has 35 heavy (non-hydrogen) atoms. The zero-order valence-electron chi connectivity index (χ0n) is 18.8. The minimum atomic E-state index is -0.127. The van der Waals surface area contributed by atoms with E-state index in [0.29, 0.717) is 11.1 Å². The Balaban J connectivity index is 1.61. The number of thiazole rings is 1. The Labute approximate surface area is 227 Å². The summed E-state index contributed by atoms with van der Waals surface area (Å²) in [7, 11) is 0. The van der Waals surface area contributed by atoms with Crippen LogP contribution in [0.3, 0.4) is 0 Å². The fraction of sp³-hybridized carbons (Fsp3) is 0.185. The average molecular weight is 628 g/mol. The van der Waals surface area contributed by atoms with Crippen LogP contribution >= 0.6 is 54.5 Å². The van der Waals surface area contributed by atoms with Crippen molar-refractivity contribution in [3.63, 3.8) is 0 Å². The first-order valence-corrected chi connectivity index (χ1v) is 14.6. The summed E-state index contributed by atoms with van der Waals surface area (Å²) in [4.78, 5) is 20.9. The second-order valence-corrected chi connectivity index (χ2v) is 12.1. The third-order valence-corrected chi connectivity index (χ3v) is 9.25. The van der Waals surface area contributed by atoms with Crippen LogP contribution in [-0.2, 0) is 6.42 Å². The monoisotopic (exact) mass is 626 g/mol. The topological polar surface area (TPSA) is 43.6 Å². The number of aryl methyl sites for hydroxylation is 1. The van der Waals surface area contributed by atoms with Gasteiger partial charge in [-0.25, -0.2) is 4.99 Å². The summed E-state index contributed by atoms with van der Waals surface area (Å²) in [6.07, 6.45) is 3.78. The number of hydrogen-bond donors (Lipinski definition) is 0. The van der Waals surface area contributed by atoms with Crippen molar-refractivity contribution in [2.75, 3.05) is 6.61 Å². The Kier molecular flexibility index (Phi) is 6.16. The largest absolute Gasteiger partial charge is 0.492 e. The highest BCUT2D eigenvalue weighted by Gasteiger charge is 2.33. The van der Waals surface area contributed by atoms with Gasteiger partial charge in [-0.3, -0.25) is 9.36 Å². The van der Waals surface area contributed by atoms with Crippen LogP contribution in [0.1, 0.15) is 41.0 Å². The number of fused-ring (bicyclic) bond motifs is 3. The van der Waals surface area contributed by atoms with E-state index in [-0.39, 0.29) is 11.6 Å². The number of allylic oxidation sites excluding steroid dienone is 1. The molecule has 3 heterocycles. The van der Waals surface area contributed by atoms with Crippen molar-refractivity contribution in [1.29, 1.82) is 0 Å². The summed E-state index contributed by atoms with van der Waals surface area (Å²) in [5.74, 6) is 0.726. The van der Waals surface area contributed by atoms with Gasteiger partial charge in [0.1, 0.15) is 5.75 Å². The Morgan fingerprint density at radius 2 is 2.03 bits per heavy atom. The van der Waals surface area contributed by atoms with E-state index in [2.05, 4.69) is 73.6 Å². The molecule has 4 aromatic rings. The molecular weight excluding hydrogens is 608 g/mol. The van der Waals surface area contributed by atoms with Gasteiger partial charge in [0, 0.05) is 20.5 Å². The van der Waals surface area contributed by atoms with Crippen molar-refractivity contribution < 1.29 is 4.74 Å². The molecular formula is C27H20Br2N2O2S2. The fourth-order valence-corrected chi connectivity index (χ4v) is 8.06. The lowest BCUT2D eigenvalue weighted by atomic mass is 9.85. The Hall–Kier alpha value is -2.26. The van der Waals surface area contributed by atoms with Crippen LogP contribution in [0.25, 0.3) is 11.8 Å². The van der Waals surface area contributed by atoms with E-state index in [1.165, 1.54) is 32.9 Å². The maximum Gasteiger partial charge on any atom is 0.271 e. The van der Waals surface area contributed by atoms with Crippen molar-refractivity contribution in [2.45, 2.75) is 25.8 Å². The van der Waals surface area contributed by atoms with Gasteiger partial charge < -0.3 is 4.74 Å². The molecule has 2 aromatic heterocycles. The van der Waals surface area contributed by atoms with E-state index in [1.54, 1.807) is 11.3 Å². The van der Waals surface area contributed by atoms with E-state index in [9.17, 15) is 4.79 Å². The lowest BCUT2D eigenvalue weighted by molar-refractivity contribution is 0.337. The molecule has 0 spiro atoms. The van der Waals surface area contributed by atoms with Crippen LogP contribution in [0.4, 0.5) is 0 Å². The first-order valence-electron chi connectivity index (χ1n) is 11.3. The molecule has 176 valence electrons. The van der Waals surface area contributed by atoms with Crippen molar-refractivity contribution in [3.05, 3.63) is 110 Å². The second-order valence-electron chi connectivity index (χ2n) is 8.37. The minimum absolute atomic E-state index is 0.0175. The zero-order valence-corrected chi connectivity index (χ0v) is 23.6. The molecule has 0 radical (unpaired) electrons. The molecule has 0 unspecified atom stereocenters. The molecule has 0 N–H and O–H groups in total. The standard InChI is InChI=1S/C27H20Br2N2O2S2/c1-2-33-25-16(12-17(28)14-20(25)29)13-22-26(32)31-24(21-8-5-11-34-21)19-10-9-15-6-3-4-7-18(15)23(19)30-27(31)35-22/h3-8,11-14,24H,2,9-10H2,1H3/b22-13+/t24-/m0/s1. The van der Waals surface area contributed by atoms with E-state index in [0.717, 1.165) is 43.6 Å². The number of thiophene rings is 1. The van der Waals surface area contributed by atoms with Gasteiger partial charge in [-0.2, -0.15) is 0 Å². The van der Waals surface area contributed by atoms with Crippen molar-refractivity contribution >= 4 is 66.3 Å². The number of rotatable bonds is 4. The maximum atomic E-state index is 13.9. The number of ether oxygens (including phenoxy) is 1. The highest BCUT2D eigenvalue weighted by molar-refractivity contribution is 9.11. The van der Waals surface area contributed by atoms with Crippen LogP contribution in [0.15, 0.2) is 78.2 Å². The Morgan fingerprint density at radius 1 is 1.17 bits per heavy atom. The van der Waals surface area contributed by atoms with Gasteiger partial charge in [0.25, 0.3) is 5.56 Å². The molecule has 1 atom stereocenters. The highest BCUT2D eigenvalue weighted by Crippen LogP contribution is 2.42. The Morgan fingerprint density at radius 3 is 2.83 bits per heavy atom. The molecule has 0 fully saturated rings. The van der Waals surface area contributed by atoms with Gasteiger partial charge >= 0.3 is 0 Å². The van der Waals surface area contributed by atoms with Crippen LogP contribution < -0.4 is 19.6 Å². The predicted octanol–water partition coefficient (Wildman–Crippen LogP) is 6.30. The van der Waals surface area contributed by atoms with Crippen molar-refractivity contribution in [2.24, 2.45) is 4.99 Å². The molecule has 2 aromatic carbocycles. The number of aromatic nitrogens is 1. The maximum absolute atomic E-state index is 13.9. The van der Waals surface area contributed by atoms with Gasteiger partial charge in [0.05, 0.1) is 27.4 Å². The van der Waals surface area contributed by atoms with Crippen molar-refractivity contribution in [3.8, 4) is 5.75 Å².